The number of aromatic nitrogens is 2. The van der Waals surface area contributed by atoms with Gasteiger partial charge in [0.15, 0.2) is 0 Å². The van der Waals surface area contributed by atoms with Crippen LogP contribution in [0.5, 0.6) is 0 Å². The molecule has 0 N–H and O–H groups in total. The number of nitro groups is 1. The number of nitro benzene ring substituents is 1. The normalized spacial score (nSPS) is 17.2. The number of aryl methyl sites for hydroxylation is 1. The lowest BCUT2D eigenvalue weighted by molar-refractivity contribution is -0.385. The van der Waals surface area contributed by atoms with E-state index >= 15 is 0 Å². The third-order valence-corrected chi connectivity index (χ3v) is 4.34. The van der Waals surface area contributed by atoms with Crippen molar-refractivity contribution in [2.24, 2.45) is 0 Å². The molecular formula is C16H17N5O2. The van der Waals surface area contributed by atoms with Crippen molar-refractivity contribution in [3.8, 4) is 6.07 Å². The van der Waals surface area contributed by atoms with Crippen LogP contribution in [0.1, 0.15) is 24.2 Å². The van der Waals surface area contributed by atoms with Crippen molar-refractivity contribution < 1.29 is 4.92 Å². The fourth-order valence-corrected chi connectivity index (χ4v) is 3.14. The summed E-state index contributed by atoms with van der Waals surface area (Å²) in [6, 6.07) is 7.01. The van der Waals surface area contributed by atoms with Crippen LogP contribution in [0.2, 0.25) is 0 Å². The summed E-state index contributed by atoms with van der Waals surface area (Å²) in [6.45, 7) is 3.69. The van der Waals surface area contributed by atoms with Gasteiger partial charge in [-0.25, -0.2) is 4.98 Å². The van der Waals surface area contributed by atoms with Crippen molar-refractivity contribution in [3.05, 3.63) is 52.1 Å². The molecule has 2 heterocycles. The Balaban J connectivity index is 1.87. The Morgan fingerprint density at radius 1 is 1.52 bits per heavy atom. The number of benzene rings is 1. The summed E-state index contributed by atoms with van der Waals surface area (Å²) < 4.78 is 2.11. The van der Waals surface area contributed by atoms with Crippen LogP contribution in [0.15, 0.2) is 30.6 Å². The van der Waals surface area contributed by atoms with Crippen LogP contribution in [0.25, 0.3) is 0 Å². The van der Waals surface area contributed by atoms with Gasteiger partial charge < -0.3 is 9.47 Å². The maximum atomic E-state index is 11.0. The first-order chi connectivity index (χ1) is 11.1. The van der Waals surface area contributed by atoms with Crippen molar-refractivity contribution in [3.63, 3.8) is 0 Å². The van der Waals surface area contributed by atoms with Gasteiger partial charge in [0.05, 0.1) is 4.92 Å². The first-order valence-corrected chi connectivity index (χ1v) is 7.53. The predicted molar refractivity (Wildman–Crippen MR) is 85.1 cm³/mol. The van der Waals surface area contributed by atoms with Crippen molar-refractivity contribution in [2.75, 3.05) is 11.4 Å². The minimum atomic E-state index is -0.515. The van der Waals surface area contributed by atoms with E-state index in [1.54, 1.807) is 18.3 Å². The van der Waals surface area contributed by atoms with E-state index in [0.717, 1.165) is 37.4 Å². The predicted octanol–water partition coefficient (Wildman–Crippen LogP) is 2.64. The quantitative estimate of drug-likeness (QED) is 0.639. The first kappa shape index (κ1) is 15.0. The van der Waals surface area contributed by atoms with Crippen LogP contribution >= 0.6 is 0 Å². The molecule has 0 amide bonds. The summed E-state index contributed by atoms with van der Waals surface area (Å²) >= 11 is 0. The average molecular weight is 311 g/mol. The summed E-state index contributed by atoms with van der Waals surface area (Å²) in [7, 11) is 0. The van der Waals surface area contributed by atoms with Gasteiger partial charge in [-0.1, -0.05) is 0 Å². The van der Waals surface area contributed by atoms with E-state index in [1.807, 2.05) is 19.2 Å². The summed E-state index contributed by atoms with van der Waals surface area (Å²) in [6.07, 6.45) is 5.87. The van der Waals surface area contributed by atoms with E-state index in [0.29, 0.717) is 6.04 Å². The van der Waals surface area contributed by atoms with Gasteiger partial charge >= 0.3 is 0 Å². The van der Waals surface area contributed by atoms with Crippen LogP contribution in [-0.4, -0.2) is 27.1 Å². The highest BCUT2D eigenvalue weighted by Crippen LogP contribution is 2.30. The fourth-order valence-electron chi connectivity index (χ4n) is 3.14. The summed E-state index contributed by atoms with van der Waals surface area (Å²) in [5.41, 5.74) is 0.835. The van der Waals surface area contributed by atoms with E-state index in [2.05, 4.69) is 14.5 Å². The summed E-state index contributed by atoms with van der Waals surface area (Å²) in [4.78, 5) is 16.9. The minimum absolute atomic E-state index is 0.108. The molecule has 1 aromatic heterocycles. The average Bonchev–Trinajstić information content (AvgIpc) is 3.16. The Morgan fingerprint density at radius 3 is 3.00 bits per heavy atom. The molecule has 1 fully saturated rings. The van der Waals surface area contributed by atoms with Crippen LogP contribution in [0, 0.1) is 28.4 Å². The molecule has 0 bridgehead atoms. The Hall–Kier alpha value is -2.88. The molecule has 0 unspecified atom stereocenters. The molecule has 1 aromatic carbocycles. The molecule has 7 nitrogen and oxygen atoms in total. The van der Waals surface area contributed by atoms with Crippen molar-refractivity contribution >= 4 is 11.4 Å². The third-order valence-electron chi connectivity index (χ3n) is 4.34. The molecule has 1 atom stereocenters. The highest BCUT2D eigenvalue weighted by Gasteiger charge is 2.27. The molecule has 1 saturated heterocycles. The van der Waals surface area contributed by atoms with E-state index in [1.165, 1.54) is 6.07 Å². The van der Waals surface area contributed by atoms with Crippen molar-refractivity contribution in [2.45, 2.75) is 32.4 Å². The molecule has 2 aromatic rings. The van der Waals surface area contributed by atoms with Gasteiger partial charge in [0.25, 0.3) is 5.69 Å². The lowest BCUT2D eigenvalue weighted by Crippen LogP contribution is -2.33. The minimum Gasteiger partial charge on any atom is -0.367 e. The topological polar surface area (TPSA) is 88.0 Å². The van der Waals surface area contributed by atoms with Crippen molar-refractivity contribution in [1.82, 2.24) is 9.55 Å². The van der Waals surface area contributed by atoms with Gasteiger partial charge in [-0.2, -0.15) is 5.26 Å². The molecule has 0 saturated carbocycles. The second-order valence-corrected chi connectivity index (χ2v) is 5.69. The van der Waals surface area contributed by atoms with Gasteiger partial charge in [0, 0.05) is 43.3 Å². The molecule has 7 heteroatoms. The molecule has 3 rings (SSSR count). The third kappa shape index (κ3) is 2.88. The summed E-state index contributed by atoms with van der Waals surface area (Å²) in [5.74, 6) is 0.971. The fraction of sp³-hybridized carbons (Fsp3) is 0.375. The SMILES string of the molecule is Cc1nccn1C[C@H]1CCCN1c1ccc([N+](=O)[O-])c(C#N)c1. The highest BCUT2D eigenvalue weighted by atomic mass is 16.6. The van der Waals surface area contributed by atoms with Gasteiger partial charge in [-0.3, -0.25) is 10.1 Å². The van der Waals surface area contributed by atoms with E-state index in [-0.39, 0.29) is 11.3 Å². The smallest absolute Gasteiger partial charge is 0.287 e. The monoisotopic (exact) mass is 311 g/mol. The van der Waals surface area contributed by atoms with Gasteiger partial charge in [0.2, 0.25) is 0 Å². The molecular weight excluding hydrogens is 294 g/mol. The number of nitriles is 1. The Morgan fingerprint density at radius 2 is 2.35 bits per heavy atom. The molecule has 0 aliphatic carbocycles. The Kier molecular flexibility index (Phi) is 3.98. The van der Waals surface area contributed by atoms with Crippen LogP contribution < -0.4 is 4.90 Å². The number of imidazole rings is 1. The number of hydrogen-bond donors (Lipinski definition) is 0. The largest absolute Gasteiger partial charge is 0.367 e. The molecule has 0 radical (unpaired) electrons. The molecule has 0 spiro atoms. The van der Waals surface area contributed by atoms with Crippen molar-refractivity contribution in [1.29, 1.82) is 5.26 Å². The second-order valence-electron chi connectivity index (χ2n) is 5.69. The number of hydrogen-bond acceptors (Lipinski definition) is 5. The highest BCUT2D eigenvalue weighted by molar-refractivity contribution is 5.60. The van der Waals surface area contributed by atoms with E-state index in [9.17, 15) is 10.1 Å². The number of nitrogens with zero attached hydrogens (tertiary/aromatic N) is 5. The number of anilines is 1. The van der Waals surface area contributed by atoms with Crippen LogP contribution in [-0.2, 0) is 6.54 Å². The molecule has 23 heavy (non-hydrogen) atoms. The van der Waals surface area contributed by atoms with E-state index < -0.39 is 4.92 Å². The summed E-state index contributed by atoms with van der Waals surface area (Å²) in [5, 5.41) is 20.1. The maximum absolute atomic E-state index is 11.0. The lowest BCUT2D eigenvalue weighted by atomic mass is 10.1. The molecule has 118 valence electrons. The maximum Gasteiger partial charge on any atom is 0.287 e. The van der Waals surface area contributed by atoms with Crippen LogP contribution in [0.4, 0.5) is 11.4 Å². The van der Waals surface area contributed by atoms with E-state index in [4.69, 9.17) is 5.26 Å². The Labute approximate surface area is 133 Å². The van der Waals surface area contributed by atoms with Gasteiger partial charge in [-0.15, -0.1) is 0 Å². The number of rotatable bonds is 4. The zero-order valence-electron chi connectivity index (χ0n) is 12.8. The molecule has 1 aliphatic heterocycles. The van der Waals surface area contributed by atoms with Gasteiger partial charge in [0.1, 0.15) is 17.5 Å². The lowest BCUT2D eigenvalue weighted by Gasteiger charge is -2.27. The second kappa shape index (κ2) is 6.08. The standard InChI is InChI=1S/C16H17N5O2/c1-12-18-6-8-19(12)11-15-3-2-7-20(15)14-4-5-16(21(22)23)13(9-14)10-17/h4-6,8-9,15H,2-3,7,11H2,1H3/t15-/m1/s1. The van der Waals surface area contributed by atoms with Gasteiger partial charge in [-0.05, 0) is 31.9 Å². The molecule has 1 aliphatic rings. The zero-order valence-corrected chi connectivity index (χ0v) is 12.8. The van der Waals surface area contributed by atoms with Crippen LogP contribution in [0.3, 0.4) is 0 Å². The first-order valence-electron chi connectivity index (χ1n) is 7.53. The Bertz CT molecular complexity index is 777. The zero-order chi connectivity index (χ0) is 16.4.